The number of nitrogens with one attached hydrogen (secondary N) is 1. The van der Waals surface area contributed by atoms with Crippen LogP contribution in [-0.2, 0) is 16.1 Å². The number of aryl methyl sites for hydroxylation is 1. The standard InChI is InChI=1S/C25H31BrN2O3/c1-17-8-6-13-23(18(17)2)31-16-24(29)28(15-20-9-7-10-21(26)14-20)19(3)25(30)27-22-11-4-5-12-22/h6-10,13-14,19,22H,4-5,11-12,15-16H2,1-3H3,(H,27,30). The molecule has 0 aliphatic heterocycles. The Hall–Kier alpha value is -2.34. The van der Waals surface area contributed by atoms with Crippen LogP contribution < -0.4 is 10.1 Å². The summed E-state index contributed by atoms with van der Waals surface area (Å²) in [5, 5.41) is 3.12. The first-order valence-corrected chi connectivity index (χ1v) is 11.7. The molecule has 0 spiro atoms. The summed E-state index contributed by atoms with van der Waals surface area (Å²) in [5.41, 5.74) is 3.08. The fraction of sp³-hybridized carbons (Fsp3) is 0.440. The number of hydrogen-bond donors (Lipinski definition) is 1. The van der Waals surface area contributed by atoms with Gasteiger partial charge in [-0.15, -0.1) is 0 Å². The van der Waals surface area contributed by atoms with Crippen LogP contribution in [0.1, 0.15) is 49.3 Å². The average Bonchev–Trinajstić information content (AvgIpc) is 3.25. The second-order valence-corrected chi connectivity index (χ2v) is 9.22. The summed E-state index contributed by atoms with van der Waals surface area (Å²) in [7, 11) is 0. The Kier molecular flexibility index (Phi) is 8.13. The molecule has 1 unspecified atom stereocenters. The lowest BCUT2D eigenvalue weighted by atomic mass is 10.1. The zero-order chi connectivity index (χ0) is 22.4. The fourth-order valence-electron chi connectivity index (χ4n) is 3.91. The Morgan fingerprint density at radius 3 is 2.58 bits per heavy atom. The van der Waals surface area contributed by atoms with Crippen LogP contribution in [0.3, 0.4) is 0 Å². The van der Waals surface area contributed by atoms with Crippen LogP contribution in [0, 0.1) is 13.8 Å². The van der Waals surface area contributed by atoms with E-state index in [4.69, 9.17) is 4.74 Å². The Bertz CT molecular complexity index is 925. The van der Waals surface area contributed by atoms with E-state index in [1.165, 1.54) is 0 Å². The number of carbonyl (C=O) groups excluding carboxylic acids is 2. The molecule has 2 amide bonds. The van der Waals surface area contributed by atoms with Crippen LogP contribution in [0.4, 0.5) is 0 Å². The van der Waals surface area contributed by atoms with Crippen molar-refractivity contribution in [3.05, 3.63) is 63.6 Å². The van der Waals surface area contributed by atoms with Gasteiger partial charge in [-0.1, -0.05) is 53.0 Å². The zero-order valence-corrected chi connectivity index (χ0v) is 20.1. The fourth-order valence-corrected chi connectivity index (χ4v) is 4.36. The van der Waals surface area contributed by atoms with Crippen LogP contribution in [0.5, 0.6) is 5.75 Å². The number of rotatable bonds is 8. The number of halogens is 1. The van der Waals surface area contributed by atoms with E-state index in [9.17, 15) is 9.59 Å². The molecule has 1 atom stereocenters. The van der Waals surface area contributed by atoms with Crippen molar-refractivity contribution in [2.75, 3.05) is 6.61 Å². The van der Waals surface area contributed by atoms with Gasteiger partial charge in [-0.05, 0) is 68.5 Å². The van der Waals surface area contributed by atoms with Gasteiger partial charge in [-0.25, -0.2) is 0 Å². The van der Waals surface area contributed by atoms with Crippen LogP contribution in [0.25, 0.3) is 0 Å². The van der Waals surface area contributed by atoms with E-state index < -0.39 is 6.04 Å². The molecule has 2 aromatic carbocycles. The molecule has 1 saturated carbocycles. The molecular formula is C25H31BrN2O3. The van der Waals surface area contributed by atoms with Crippen LogP contribution >= 0.6 is 15.9 Å². The summed E-state index contributed by atoms with van der Waals surface area (Å²) in [6.45, 7) is 6.01. The second kappa shape index (κ2) is 10.8. The van der Waals surface area contributed by atoms with Crippen molar-refractivity contribution in [1.29, 1.82) is 0 Å². The van der Waals surface area contributed by atoms with Gasteiger partial charge in [0.2, 0.25) is 5.91 Å². The van der Waals surface area contributed by atoms with Gasteiger partial charge in [0.15, 0.2) is 6.61 Å². The molecule has 0 aromatic heterocycles. The lowest BCUT2D eigenvalue weighted by Gasteiger charge is -2.30. The third-order valence-electron chi connectivity index (χ3n) is 6.02. The number of amides is 2. The molecule has 0 radical (unpaired) electrons. The highest BCUT2D eigenvalue weighted by Gasteiger charge is 2.28. The van der Waals surface area contributed by atoms with Gasteiger partial charge in [-0.2, -0.15) is 0 Å². The molecule has 0 heterocycles. The van der Waals surface area contributed by atoms with Crippen LogP contribution in [0.15, 0.2) is 46.9 Å². The predicted octanol–water partition coefficient (Wildman–Crippen LogP) is 4.92. The highest BCUT2D eigenvalue weighted by atomic mass is 79.9. The number of ether oxygens (including phenoxy) is 1. The van der Waals surface area contributed by atoms with Gasteiger partial charge in [-0.3, -0.25) is 9.59 Å². The van der Waals surface area contributed by atoms with E-state index in [2.05, 4.69) is 21.2 Å². The highest BCUT2D eigenvalue weighted by molar-refractivity contribution is 9.10. The van der Waals surface area contributed by atoms with Crippen molar-refractivity contribution in [2.24, 2.45) is 0 Å². The summed E-state index contributed by atoms with van der Waals surface area (Å²) >= 11 is 3.48. The lowest BCUT2D eigenvalue weighted by molar-refractivity contribution is -0.142. The summed E-state index contributed by atoms with van der Waals surface area (Å²) in [5.74, 6) is 0.371. The van der Waals surface area contributed by atoms with Crippen LogP contribution in [0.2, 0.25) is 0 Å². The molecule has 166 valence electrons. The molecule has 5 nitrogen and oxygen atoms in total. The molecule has 0 bridgehead atoms. The zero-order valence-electron chi connectivity index (χ0n) is 18.5. The van der Waals surface area contributed by atoms with Crippen molar-refractivity contribution in [3.63, 3.8) is 0 Å². The summed E-state index contributed by atoms with van der Waals surface area (Å²) in [4.78, 5) is 27.7. The number of hydrogen-bond acceptors (Lipinski definition) is 3. The molecule has 2 aromatic rings. The van der Waals surface area contributed by atoms with Gasteiger partial charge in [0.25, 0.3) is 5.91 Å². The summed E-state index contributed by atoms with van der Waals surface area (Å²) in [6.07, 6.45) is 4.30. The van der Waals surface area contributed by atoms with E-state index in [1.54, 1.807) is 11.8 Å². The molecule has 6 heteroatoms. The quantitative estimate of drug-likeness (QED) is 0.575. The average molecular weight is 487 g/mol. The maximum atomic E-state index is 13.2. The Labute approximate surface area is 193 Å². The van der Waals surface area contributed by atoms with Crippen molar-refractivity contribution < 1.29 is 14.3 Å². The largest absolute Gasteiger partial charge is 0.483 e. The first-order valence-electron chi connectivity index (χ1n) is 10.9. The first-order chi connectivity index (χ1) is 14.8. The van der Waals surface area contributed by atoms with Crippen LogP contribution in [-0.4, -0.2) is 35.4 Å². The van der Waals surface area contributed by atoms with E-state index in [-0.39, 0.29) is 24.5 Å². The molecule has 1 N–H and O–H groups in total. The first kappa shape index (κ1) is 23.3. The summed E-state index contributed by atoms with van der Waals surface area (Å²) < 4.78 is 6.79. The van der Waals surface area contributed by atoms with Gasteiger partial charge >= 0.3 is 0 Å². The van der Waals surface area contributed by atoms with E-state index in [1.807, 2.05) is 56.3 Å². The van der Waals surface area contributed by atoms with Gasteiger partial charge in [0.05, 0.1) is 0 Å². The third-order valence-corrected chi connectivity index (χ3v) is 6.51. The predicted molar refractivity (Wildman–Crippen MR) is 126 cm³/mol. The van der Waals surface area contributed by atoms with Gasteiger partial charge in [0.1, 0.15) is 11.8 Å². The molecule has 1 aliphatic carbocycles. The summed E-state index contributed by atoms with van der Waals surface area (Å²) in [6, 6.07) is 13.2. The molecular weight excluding hydrogens is 456 g/mol. The number of nitrogens with zero attached hydrogens (tertiary/aromatic N) is 1. The lowest BCUT2D eigenvalue weighted by Crippen LogP contribution is -2.50. The van der Waals surface area contributed by atoms with Gasteiger partial charge in [0, 0.05) is 17.1 Å². The Morgan fingerprint density at radius 2 is 1.87 bits per heavy atom. The van der Waals surface area contributed by atoms with Crippen molar-refractivity contribution in [2.45, 2.75) is 65.1 Å². The maximum absolute atomic E-state index is 13.2. The van der Waals surface area contributed by atoms with Crippen molar-refractivity contribution >= 4 is 27.7 Å². The molecule has 1 aliphatic rings. The third kappa shape index (κ3) is 6.33. The molecule has 31 heavy (non-hydrogen) atoms. The maximum Gasteiger partial charge on any atom is 0.261 e. The molecule has 3 rings (SSSR count). The highest BCUT2D eigenvalue weighted by Crippen LogP contribution is 2.22. The normalized spacial score (nSPS) is 14.8. The SMILES string of the molecule is Cc1cccc(OCC(=O)N(Cc2cccc(Br)c2)C(C)C(=O)NC2CCCC2)c1C. The van der Waals surface area contributed by atoms with Crippen molar-refractivity contribution in [3.8, 4) is 5.75 Å². The van der Waals surface area contributed by atoms with Crippen molar-refractivity contribution in [1.82, 2.24) is 10.2 Å². The second-order valence-electron chi connectivity index (χ2n) is 8.30. The Morgan fingerprint density at radius 1 is 1.16 bits per heavy atom. The molecule has 0 saturated heterocycles. The number of carbonyl (C=O) groups is 2. The van der Waals surface area contributed by atoms with E-state index in [0.717, 1.165) is 46.8 Å². The van der Waals surface area contributed by atoms with Gasteiger partial charge < -0.3 is 15.0 Å². The topological polar surface area (TPSA) is 58.6 Å². The minimum atomic E-state index is -0.589. The monoisotopic (exact) mass is 486 g/mol. The van der Waals surface area contributed by atoms with E-state index >= 15 is 0 Å². The smallest absolute Gasteiger partial charge is 0.261 e. The minimum Gasteiger partial charge on any atom is -0.483 e. The number of benzene rings is 2. The molecule has 1 fully saturated rings. The minimum absolute atomic E-state index is 0.109. The van der Waals surface area contributed by atoms with E-state index in [0.29, 0.717) is 12.3 Å². The Balaban J connectivity index is 1.74.